The largest absolute Gasteiger partial charge is 0.360 e. The van der Waals surface area contributed by atoms with Crippen molar-refractivity contribution in [2.45, 2.75) is 32.4 Å². The standard InChI is InChI=1S/C13H17FN2S/c1-13(2)7-8-17-12(16-13)15-9-10-3-5-11(14)6-4-10/h3-6H,7-9H2,1-2H3,(H,15,16). The number of thioether (sulfide) groups is 1. The van der Waals surface area contributed by atoms with E-state index < -0.39 is 0 Å². The molecule has 0 unspecified atom stereocenters. The Labute approximate surface area is 106 Å². The van der Waals surface area contributed by atoms with Crippen LogP contribution in [0.1, 0.15) is 25.8 Å². The summed E-state index contributed by atoms with van der Waals surface area (Å²) >= 11 is 1.75. The van der Waals surface area contributed by atoms with Gasteiger partial charge in [0.15, 0.2) is 5.17 Å². The summed E-state index contributed by atoms with van der Waals surface area (Å²) in [5, 5.41) is 4.40. The zero-order valence-corrected chi connectivity index (χ0v) is 11.0. The van der Waals surface area contributed by atoms with Crippen LogP contribution in [-0.2, 0) is 6.54 Å². The third kappa shape index (κ3) is 3.73. The van der Waals surface area contributed by atoms with Crippen LogP contribution in [0.15, 0.2) is 29.3 Å². The van der Waals surface area contributed by atoms with Crippen molar-refractivity contribution < 1.29 is 4.39 Å². The van der Waals surface area contributed by atoms with Gasteiger partial charge in [-0.2, -0.15) is 0 Å². The van der Waals surface area contributed by atoms with Gasteiger partial charge in [0.1, 0.15) is 5.82 Å². The molecule has 0 atom stereocenters. The molecule has 1 aliphatic rings. The molecule has 0 aliphatic carbocycles. The van der Waals surface area contributed by atoms with Gasteiger partial charge in [0.2, 0.25) is 0 Å². The van der Waals surface area contributed by atoms with E-state index in [1.807, 2.05) is 0 Å². The number of hydrogen-bond donors (Lipinski definition) is 1. The molecule has 4 heteroatoms. The van der Waals surface area contributed by atoms with Crippen molar-refractivity contribution in [2.24, 2.45) is 4.99 Å². The molecule has 0 radical (unpaired) electrons. The lowest BCUT2D eigenvalue weighted by atomic mass is 10.0. The van der Waals surface area contributed by atoms with Crippen LogP contribution in [0, 0.1) is 5.82 Å². The molecule has 0 saturated carbocycles. The number of amidine groups is 1. The molecule has 1 fully saturated rings. The minimum Gasteiger partial charge on any atom is -0.360 e. The van der Waals surface area contributed by atoms with E-state index in [1.54, 1.807) is 23.9 Å². The Morgan fingerprint density at radius 1 is 1.35 bits per heavy atom. The molecule has 1 aliphatic heterocycles. The minimum absolute atomic E-state index is 0.132. The summed E-state index contributed by atoms with van der Waals surface area (Å²) in [4.78, 5) is 4.52. The van der Waals surface area contributed by atoms with Crippen LogP contribution in [0.4, 0.5) is 4.39 Å². The first kappa shape index (κ1) is 12.4. The Kier molecular flexibility index (Phi) is 3.72. The van der Waals surface area contributed by atoms with E-state index in [9.17, 15) is 4.39 Å². The Morgan fingerprint density at radius 2 is 2.06 bits per heavy atom. The molecule has 2 nitrogen and oxygen atoms in total. The molecule has 0 amide bonds. The van der Waals surface area contributed by atoms with E-state index in [0.717, 1.165) is 22.9 Å². The normalized spacial score (nSPS) is 21.2. The molecule has 0 spiro atoms. The Bertz CT molecular complexity index is 412. The lowest BCUT2D eigenvalue weighted by molar-refractivity contribution is 0.446. The lowest BCUT2D eigenvalue weighted by Gasteiger charge is -2.32. The fourth-order valence-corrected chi connectivity index (χ4v) is 2.94. The molecule has 1 saturated heterocycles. The molecule has 0 bridgehead atoms. The van der Waals surface area contributed by atoms with Gasteiger partial charge in [-0.25, -0.2) is 4.39 Å². The zero-order valence-electron chi connectivity index (χ0n) is 10.2. The van der Waals surface area contributed by atoms with Gasteiger partial charge >= 0.3 is 0 Å². The predicted octanol–water partition coefficient (Wildman–Crippen LogP) is 3.19. The molecule has 0 aromatic heterocycles. The Balaban J connectivity index is 1.98. The van der Waals surface area contributed by atoms with Crippen molar-refractivity contribution in [3.63, 3.8) is 0 Å². The number of aliphatic imine (C=N–C) groups is 1. The number of rotatable bonds is 2. The van der Waals surface area contributed by atoms with Crippen LogP contribution in [-0.4, -0.2) is 16.5 Å². The fourth-order valence-electron chi connectivity index (χ4n) is 1.63. The van der Waals surface area contributed by atoms with Crippen LogP contribution in [0.25, 0.3) is 0 Å². The molecular formula is C13H17FN2S. The monoisotopic (exact) mass is 252 g/mol. The van der Waals surface area contributed by atoms with Crippen LogP contribution in [0.5, 0.6) is 0 Å². The highest BCUT2D eigenvalue weighted by Crippen LogP contribution is 2.21. The van der Waals surface area contributed by atoms with E-state index in [0.29, 0.717) is 6.54 Å². The molecule has 1 heterocycles. The van der Waals surface area contributed by atoms with Gasteiger partial charge in [0, 0.05) is 11.3 Å². The second-order valence-electron chi connectivity index (χ2n) is 4.86. The van der Waals surface area contributed by atoms with Crippen molar-refractivity contribution in [3.05, 3.63) is 35.6 Å². The second-order valence-corrected chi connectivity index (χ2v) is 5.94. The summed E-state index contributed by atoms with van der Waals surface area (Å²) in [5.41, 5.74) is 1.16. The van der Waals surface area contributed by atoms with Crippen LogP contribution in [0.3, 0.4) is 0 Å². The van der Waals surface area contributed by atoms with Crippen molar-refractivity contribution in [1.82, 2.24) is 5.32 Å². The third-order valence-electron chi connectivity index (χ3n) is 2.73. The van der Waals surface area contributed by atoms with Gasteiger partial charge in [0.25, 0.3) is 0 Å². The van der Waals surface area contributed by atoms with Gasteiger partial charge in [-0.15, -0.1) is 0 Å². The topological polar surface area (TPSA) is 24.4 Å². The second kappa shape index (κ2) is 5.08. The van der Waals surface area contributed by atoms with Gasteiger partial charge < -0.3 is 5.32 Å². The first-order valence-electron chi connectivity index (χ1n) is 5.75. The summed E-state index contributed by atoms with van der Waals surface area (Å²) in [6.45, 7) is 4.96. The van der Waals surface area contributed by atoms with Crippen molar-refractivity contribution in [2.75, 3.05) is 5.75 Å². The van der Waals surface area contributed by atoms with Crippen molar-refractivity contribution >= 4 is 16.9 Å². The number of halogens is 1. The summed E-state index contributed by atoms with van der Waals surface area (Å²) in [6.07, 6.45) is 1.15. The Hall–Kier alpha value is -1.03. The number of nitrogens with one attached hydrogen (secondary N) is 1. The third-order valence-corrected chi connectivity index (χ3v) is 3.64. The average molecular weight is 252 g/mol. The summed E-state index contributed by atoms with van der Waals surface area (Å²) in [7, 11) is 0. The highest BCUT2D eigenvalue weighted by atomic mass is 32.2. The molecule has 17 heavy (non-hydrogen) atoms. The zero-order chi connectivity index (χ0) is 12.3. The molecular weight excluding hydrogens is 235 g/mol. The number of benzene rings is 1. The summed E-state index contributed by atoms with van der Waals surface area (Å²) in [5.74, 6) is 0.898. The van der Waals surface area contributed by atoms with Gasteiger partial charge in [-0.05, 0) is 38.0 Å². The first-order chi connectivity index (χ1) is 8.05. The number of hydrogen-bond acceptors (Lipinski definition) is 2. The lowest BCUT2D eigenvalue weighted by Crippen LogP contribution is -2.46. The smallest absolute Gasteiger partial charge is 0.157 e. The highest BCUT2D eigenvalue weighted by Gasteiger charge is 2.23. The average Bonchev–Trinajstić information content (AvgIpc) is 2.27. The maximum atomic E-state index is 12.7. The molecule has 1 N–H and O–H groups in total. The molecule has 1 aromatic rings. The van der Waals surface area contributed by atoms with Gasteiger partial charge in [0.05, 0.1) is 6.54 Å². The summed E-state index contributed by atoms with van der Waals surface area (Å²) < 4.78 is 12.7. The summed E-state index contributed by atoms with van der Waals surface area (Å²) in [6, 6.07) is 6.50. The quantitative estimate of drug-likeness (QED) is 0.874. The molecule has 2 rings (SSSR count). The SMILES string of the molecule is CC1(C)CCSC(=NCc2ccc(F)cc2)N1. The minimum atomic E-state index is -0.201. The maximum Gasteiger partial charge on any atom is 0.157 e. The van der Waals surface area contributed by atoms with Crippen molar-refractivity contribution in [1.29, 1.82) is 0 Å². The van der Waals surface area contributed by atoms with E-state index in [4.69, 9.17) is 0 Å². The van der Waals surface area contributed by atoms with E-state index in [-0.39, 0.29) is 11.4 Å². The van der Waals surface area contributed by atoms with Gasteiger partial charge in [-0.1, -0.05) is 23.9 Å². The van der Waals surface area contributed by atoms with Crippen LogP contribution >= 0.6 is 11.8 Å². The van der Waals surface area contributed by atoms with E-state index in [1.165, 1.54) is 12.1 Å². The van der Waals surface area contributed by atoms with Crippen LogP contribution < -0.4 is 5.32 Å². The number of nitrogens with zero attached hydrogens (tertiary/aromatic N) is 1. The first-order valence-corrected chi connectivity index (χ1v) is 6.74. The molecule has 92 valence electrons. The van der Waals surface area contributed by atoms with Crippen molar-refractivity contribution in [3.8, 4) is 0 Å². The van der Waals surface area contributed by atoms with Gasteiger partial charge in [-0.3, -0.25) is 4.99 Å². The Morgan fingerprint density at radius 3 is 2.71 bits per heavy atom. The highest BCUT2D eigenvalue weighted by molar-refractivity contribution is 8.13. The van der Waals surface area contributed by atoms with Crippen LogP contribution in [0.2, 0.25) is 0 Å². The predicted molar refractivity (Wildman–Crippen MR) is 71.8 cm³/mol. The maximum absolute atomic E-state index is 12.7. The molecule has 1 aromatic carbocycles. The van der Waals surface area contributed by atoms with E-state index in [2.05, 4.69) is 24.2 Å². The fraction of sp³-hybridized carbons (Fsp3) is 0.462. The van der Waals surface area contributed by atoms with E-state index >= 15 is 0 Å².